The molecule has 0 saturated carbocycles. The van der Waals surface area contributed by atoms with Crippen LogP contribution < -0.4 is 0 Å². The lowest BCUT2D eigenvalue weighted by molar-refractivity contribution is -0.110. The van der Waals surface area contributed by atoms with Crippen LogP contribution >= 0.6 is 11.8 Å². The minimum Gasteiger partial charge on any atom is -0.409 e. The van der Waals surface area contributed by atoms with Crippen molar-refractivity contribution >= 4 is 25.2 Å². The average molecular weight is 413 g/mol. The normalized spacial score (nSPS) is 19.9. The number of thioether (sulfide) groups is 1. The average Bonchev–Trinajstić information content (AvgIpc) is 3.00. The Labute approximate surface area is 174 Å². The number of carbonyl (C=O) groups is 1. The van der Waals surface area contributed by atoms with Gasteiger partial charge in [0.25, 0.3) is 0 Å². The summed E-state index contributed by atoms with van der Waals surface area (Å²) in [7, 11) is -1.83. The second-order valence-corrected chi connectivity index (χ2v) is 15.7. The Bertz CT molecular complexity index is 454. The first-order chi connectivity index (χ1) is 12.7. The predicted octanol–water partition coefficient (Wildman–Crippen LogP) is 7.89. The molecule has 0 N–H and O–H groups in total. The third-order valence-electron chi connectivity index (χ3n) is 6.07. The summed E-state index contributed by atoms with van der Waals surface area (Å²) in [6, 6.07) is 0. The van der Waals surface area contributed by atoms with Crippen LogP contribution in [0, 0.1) is 0 Å². The minimum absolute atomic E-state index is 0.0939. The van der Waals surface area contributed by atoms with E-state index >= 15 is 0 Å². The quantitative estimate of drug-likeness (QED) is 0.175. The van der Waals surface area contributed by atoms with Crippen molar-refractivity contribution in [3.8, 4) is 0 Å². The zero-order valence-electron chi connectivity index (χ0n) is 18.8. The van der Waals surface area contributed by atoms with Crippen LogP contribution in [0.3, 0.4) is 0 Å². The lowest BCUT2D eigenvalue weighted by Crippen LogP contribution is -2.45. The van der Waals surface area contributed by atoms with E-state index in [-0.39, 0.29) is 11.1 Å². The largest absolute Gasteiger partial charge is 0.409 e. The monoisotopic (exact) mass is 412 g/mol. The Kier molecular flexibility index (Phi) is 11.6. The van der Waals surface area contributed by atoms with Gasteiger partial charge in [-0.15, -0.1) is 0 Å². The van der Waals surface area contributed by atoms with E-state index in [1.807, 2.05) is 0 Å². The summed E-state index contributed by atoms with van der Waals surface area (Å²) in [6.07, 6.45) is 18.4. The van der Waals surface area contributed by atoms with Gasteiger partial charge in [-0.1, -0.05) is 96.6 Å². The van der Waals surface area contributed by atoms with E-state index in [2.05, 4.69) is 52.9 Å². The molecule has 1 saturated heterocycles. The van der Waals surface area contributed by atoms with Crippen LogP contribution in [-0.2, 0) is 9.22 Å². The second-order valence-electron chi connectivity index (χ2n) is 9.60. The molecule has 27 heavy (non-hydrogen) atoms. The van der Waals surface area contributed by atoms with Crippen molar-refractivity contribution in [1.29, 1.82) is 0 Å². The summed E-state index contributed by atoms with van der Waals surface area (Å²) in [5, 5.41) is 0.839. The standard InChI is InChI=1S/C23H44O2SSi/c1-7-8-9-10-11-12-13-14-15-16-17-20(21-18-19-22(24)26-21)25-27(5,6)23(2,3)4/h16-17,20-21H,7-15,18-19H2,1-6H3/b17-16+/t20-,21-/m1/s1. The first-order valence-electron chi connectivity index (χ1n) is 11.2. The van der Waals surface area contributed by atoms with Crippen molar-refractivity contribution in [2.75, 3.05) is 0 Å². The van der Waals surface area contributed by atoms with Gasteiger partial charge in [0.2, 0.25) is 0 Å². The molecule has 0 aromatic carbocycles. The maximum Gasteiger partial charge on any atom is 0.192 e. The number of hydrogen-bond acceptors (Lipinski definition) is 3. The van der Waals surface area contributed by atoms with Crippen LogP contribution in [0.2, 0.25) is 18.1 Å². The van der Waals surface area contributed by atoms with E-state index in [1.54, 1.807) is 0 Å². The zero-order valence-corrected chi connectivity index (χ0v) is 20.6. The van der Waals surface area contributed by atoms with Gasteiger partial charge in [-0.3, -0.25) is 4.79 Å². The number of rotatable bonds is 13. The summed E-state index contributed by atoms with van der Waals surface area (Å²) >= 11 is 1.51. The van der Waals surface area contributed by atoms with E-state index in [1.165, 1.54) is 63.1 Å². The molecule has 0 aliphatic carbocycles. The van der Waals surface area contributed by atoms with E-state index < -0.39 is 8.32 Å². The Hall–Kier alpha value is -0.0631. The van der Waals surface area contributed by atoms with Crippen LogP contribution in [0.1, 0.15) is 98.3 Å². The molecule has 4 heteroatoms. The molecule has 2 nitrogen and oxygen atoms in total. The highest BCUT2D eigenvalue weighted by Gasteiger charge is 2.41. The fourth-order valence-corrected chi connectivity index (χ4v) is 5.63. The van der Waals surface area contributed by atoms with Crippen molar-refractivity contribution < 1.29 is 9.22 Å². The number of hydrogen-bond donors (Lipinski definition) is 0. The number of unbranched alkanes of at least 4 members (excludes halogenated alkanes) is 8. The van der Waals surface area contributed by atoms with Crippen molar-refractivity contribution in [3.05, 3.63) is 12.2 Å². The summed E-state index contributed by atoms with van der Waals surface area (Å²) < 4.78 is 6.70. The van der Waals surface area contributed by atoms with Gasteiger partial charge in [0.05, 0.1) is 6.10 Å². The Morgan fingerprint density at radius 2 is 1.70 bits per heavy atom. The van der Waals surface area contributed by atoms with E-state index in [4.69, 9.17) is 4.43 Å². The van der Waals surface area contributed by atoms with Gasteiger partial charge in [-0.2, -0.15) is 0 Å². The third-order valence-corrected chi connectivity index (χ3v) is 11.8. The molecule has 0 unspecified atom stereocenters. The summed E-state index contributed by atoms with van der Waals surface area (Å²) in [6.45, 7) is 13.8. The van der Waals surface area contributed by atoms with Gasteiger partial charge >= 0.3 is 0 Å². The smallest absolute Gasteiger partial charge is 0.192 e. The molecule has 1 aliphatic heterocycles. The fourth-order valence-electron chi connectivity index (χ4n) is 3.16. The lowest BCUT2D eigenvalue weighted by Gasteiger charge is -2.39. The van der Waals surface area contributed by atoms with Crippen molar-refractivity contribution in [2.24, 2.45) is 0 Å². The SMILES string of the molecule is CCCCCCCCCC/C=C/[C@@H](O[Si](C)(C)C(C)(C)C)[C@H]1CCC(=O)S1. The summed E-state index contributed by atoms with van der Waals surface area (Å²) in [4.78, 5) is 11.8. The van der Waals surface area contributed by atoms with Gasteiger partial charge in [0, 0.05) is 11.7 Å². The van der Waals surface area contributed by atoms with Gasteiger partial charge < -0.3 is 4.43 Å². The highest BCUT2D eigenvalue weighted by molar-refractivity contribution is 8.14. The van der Waals surface area contributed by atoms with Crippen LogP contribution in [0.25, 0.3) is 0 Å². The molecule has 0 aromatic heterocycles. The maximum absolute atomic E-state index is 11.8. The molecular formula is C23H44O2SSi. The van der Waals surface area contributed by atoms with Gasteiger partial charge in [0.15, 0.2) is 13.4 Å². The van der Waals surface area contributed by atoms with Gasteiger partial charge in [-0.05, 0) is 37.4 Å². The lowest BCUT2D eigenvalue weighted by atomic mass is 10.1. The molecule has 1 aliphatic rings. The Balaban J connectivity index is 2.43. The van der Waals surface area contributed by atoms with Crippen LogP contribution in [0.5, 0.6) is 0 Å². The molecule has 0 spiro atoms. The molecule has 1 fully saturated rings. The predicted molar refractivity (Wildman–Crippen MR) is 124 cm³/mol. The molecule has 158 valence electrons. The molecule has 1 heterocycles. The Morgan fingerprint density at radius 1 is 1.11 bits per heavy atom. The molecule has 0 amide bonds. The van der Waals surface area contributed by atoms with Crippen molar-refractivity contribution in [1.82, 2.24) is 0 Å². The molecule has 0 bridgehead atoms. The molecule has 0 aromatic rings. The Morgan fingerprint density at radius 3 is 2.22 bits per heavy atom. The molecule has 2 atom stereocenters. The molecular weight excluding hydrogens is 368 g/mol. The zero-order chi connectivity index (χ0) is 20.3. The van der Waals surface area contributed by atoms with Gasteiger partial charge in [-0.25, -0.2) is 0 Å². The van der Waals surface area contributed by atoms with Crippen LogP contribution in [-0.4, -0.2) is 24.8 Å². The van der Waals surface area contributed by atoms with E-state index in [0.29, 0.717) is 16.8 Å². The van der Waals surface area contributed by atoms with E-state index in [0.717, 1.165) is 12.8 Å². The fraction of sp³-hybridized carbons (Fsp3) is 0.870. The van der Waals surface area contributed by atoms with Crippen LogP contribution in [0.4, 0.5) is 0 Å². The van der Waals surface area contributed by atoms with Crippen molar-refractivity contribution in [2.45, 2.75) is 128 Å². The first-order valence-corrected chi connectivity index (χ1v) is 15.0. The second kappa shape index (κ2) is 12.5. The summed E-state index contributed by atoms with van der Waals surface area (Å²) in [5.74, 6) is 0. The number of allylic oxidation sites excluding steroid dienone is 1. The third kappa shape index (κ3) is 9.80. The minimum atomic E-state index is -1.83. The summed E-state index contributed by atoms with van der Waals surface area (Å²) in [5.41, 5.74) is 0. The molecule has 0 radical (unpaired) electrons. The van der Waals surface area contributed by atoms with Gasteiger partial charge in [0.1, 0.15) is 0 Å². The van der Waals surface area contributed by atoms with E-state index in [9.17, 15) is 4.79 Å². The topological polar surface area (TPSA) is 26.3 Å². The molecule has 1 rings (SSSR count). The van der Waals surface area contributed by atoms with Crippen molar-refractivity contribution in [3.63, 3.8) is 0 Å². The van der Waals surface area contributed by atoms with Crippen LogP contribution in [0.15, 0.2) is 12.2 Å². The highest BCUT2D eigenvalue weighted by Crippen LogP contribution is 2.40. The first kappa shape index (κ1) is 25.0. The highest BCUT2D eigenvalue weighted by atomic mass is 32.2. The number of carbonyl (C=O) groups excluding carboxylic acids is 1. The maximum atomic E-state index is 11.8.